The zero-order valence-corrected chi connectivity index (χ0v) is 19.9. The number of nitrogens with one attached hydrogen (secondary N) is 1. The van der Waals surface area contributed by atoms with Crippen molar-refractivity contribution in [3.05, 3.63) is 107 Å². The van der Waals surface area contributed by atoms with Crippen LogP contribution in [0.4, 0.5) is 5.82 Å². The molecule has 0 spiro atoms. The Labute approximate surface area is 212 Å². The first-order valence-corrected chi connectivity index (χ1v) is 11.9. The summed E-state index contributed by atoms with van der Waals surface area (Å²) in [6, 6.07) is 29.1. The fourth-order valence-corrected chi connectivity index (χ4v) is 4.85. The average molecular weight is 492 g/mol. The smallest absolute Gasteiger partial charge is 0.238 e. The van der Waals surface area contributed by atoms with E-state index >= 15 is 0 Å². The number of hydrogen-bond donors (Lipinski definition) is 3. The highest BCUT2D eigenvalue weighted by Gasteiger charge is 2.27. The third kappa shape index (κ3) is 5.30. The molecule has 0 bridgehead atoms. The fraction of sp³-hybridized carbons (Fsp3) is 0.0714. The summed E-state index contributed by atoms with van der Waals surface area (Å²) in [6.07, 6.45) is 0. The van der Waals surface area contributed by atoms with Crippen molar-refractivity contribution >= 4 is 23.5 Å². The molecule has 0 saturated heterocycles. The van der Waals surface area contributed by atoms with Gasteiger partial charge in [0.15, 0.2) is 0 Å². The molecule has 4 aromatic rings. The van der Waals surface area contributed by atoms with E-state index in [0.717, 1.165) is 22.9 Å². The van der Waals surface area contributed by atoms with Crippen LogP contribution in [0.5, 0.6) is 5.75 Å². The molecule has 0 saturated carbocycles. The Kier molecular flexibility index (Phi) is 7.50. The summed E-state index contributed by atoms with van der Waals surface area (Å²) >= 11 is 1.09. The molecular formula is C28H21N5O2S. The van der Waals surface area contributed by atoms with Crippen molar-refractivity contribution in [2.24, 2.45) is 0 Å². The summed E-state index contributed by atoms with van der Waals surface area (Å²) in [5.41, 5.74) is 8.66. The average Bonchev–Trinajstić information content (AvgIpc) is 2.91. The SMILES string of the molecule is N#Cc1c(N)nc(SC(C(=O)NCc2ccccc2)c2ccccc2)c(C#N)c1-c1cccc(O)c1. The number of carbonyl (C=O) groups is 1. The zero-order chi connectivity index (χ0) is 25.5. The van der Waals surface area contributed by atoms with Gasteiger partial charge in [-0.2, -0.15) is 10.5 Å². The normalized spacial score (nSPS) is 11.2. The van der Waals surface area contributed by atoms with Gasteiger partial charge in [0.25, 0.3) is 0 Å². The second kappa shape index (κ2) is 11.1. The number of pyridine rings is 1. The lowest BCUT2D eigenvalue weighted by Gasteiger charge is -2.19. The summed E-state index contributed by atoms with van der Waals surface area (Å²) in [4.78, 5) is 17.7. The number of thioether (sulfide) groups is 1. The fourth-order valence-electron chi connectivity index (χ4n) is 3.72. The second-order valence-corrected chi connectivity index (χ2v) is 8.91. The number of nitriles is 2. The summed E-state index contributed by atoms with van der Waals surface area (Å²) in [7, 11) is 0. The first-order valence-electron chi connectivity index (χ1n) is 11.0. The van der Waals surface area contributed by atoms with Crippen molar-refractivity contribution in [3.8, 4) is 29.0 Å². The van der Waals surface area contributed by atoms with Crippen molar-refractivity contribution < 1.29 is 9.90 Å². The number of phenols is 1. The molecular weight excluding hydrogens is 470 g/mol. The molecule has 4 N–H and O–H groups in total. The predicted molar refractivity (Wildman–Crippen MR) is 139 cm³/mol. The van der Waals surface area contributed by atoms with Gasteiger partial charge in [-0.05, 0) is 28.8 Å². The largest absolute Gasteiger partial charge is 0.508 e. The highest BCUT2D eigenvalue weighted by atomic mass is 32.2. The topological polar surface area (TPSA) is 136 Å². The van der Waals surface area contributed by atoms with E-state index in [0.29, 0.717) is 12.1 Å². The van der Waals surface area contributed by atoms with E-state index in [4.69, 9.17) is 5.73 Å². The maximum atomic E-state index is 13.4. The van der Waals surface area contributed by atoms with E-state index in [1.54, 1.807) is 12.1 Å². The molecule has 36 heavy (non-hydrogen) atoms. The van der Waals surface area contributed by atoms with Crippen LogP contribution >= 0.6 is 11.8 Å². The van der Waals surface area contributed by atoms with Crippen molar-refractivity contribution in [1.29, 1.82) is 10.5 Å². The lowest BCUT2D eigenvalue weighted by atomic mass is 9.97. The van der Waals surface area contributed by atoms with Crippen molar-refractivity contribution in [1.82, 2.24) is 10.3 Å². The molecule has 1 atom stereocenters. The van der Waals surface area contributed by atoms with Gasteiger partial charge >= 0.3 is 0 Å². The molecule has 0 aliphatic rings. The molecule has 1 aromatic heterocycles. The van der Waals surface area contributed by atoms with Crippen LogP contribution in [-0.4, -0.2) is 16.0 Å². The molecule has 1 unspecified atom stereocenters. The minimum absolute atomic E-state index is 0.0210. The number of nitrogen functional groups attached to an aromatic ring is 1. The molecule has 1 amide bonds. The molecule has 0 aliphatic carbocycles. The van der Waals surface area contributed by atoms with Crippen LogP contribution in [0.2, 0.25) is 0 Å². The molecule has 0 fully saturated rings. The van der Waals surface area contributed by atoms with E-state index < -0.39 is 5.25 Å². The number of benzene rings is 3. The number of hydrogen-bond acceptors (Lipinski definition) is 7. The van der Waals surface area contributed by atoms with Gasteiger partial charge < -0.3 is 16.2 Å². The number of nitrogens with two attached hydrogens (primary N) is 1. The Morgan fingerprint density at radius 1 is 0.972 bits per heavy atom. The molecule has 8 heteroatoms. The Morgan fingerprint density at radius 2 is 1.64 bits per heavy atom. The quantitative estimate of drug-likeness (QED) is 0.312. The van der Waals surface area contributed by atoms with E-state index in [2.05, 4.69) is 16.4 Å². The summed E-state index contributed by atoms with van der Waals surface area (Å²) < 4.78 is 0. The molecule has 0 radical (unpaired) electrons. The lowest BCUT2D eigenvalue weighted by Crippen LogP contribution is -2.27. The van der Waals surface area contributed by atoms with Crippen LogP contribution < -0.4 is 11.1 Å². The van der Waals surface area contributed by atoms with Gasteiger partial charge in [-0.15, -0.1) is 0 Å². The van der Waals surface area contributed by atoms with Crippen LogP contribution in [-0.2, 0) is 11.3 Å². The van der Waals surface area contributed by atoms with E-state index in [9.17, 15) is 20.4 Å². The number of rotatable bonds is 7. The monoisotopic (exact) mass is 491 g/mol. The first-order chi connectivity index (χ1) is 17.5. The minimum Gasteiger partial charge on any atom is -0.508 e. The Morgan fingerprint density at radius 3 is 2.28 bits per heavy atom. The number of anilines is 1. The van der Waals surface area contributed by atoms with Gasteiger partial charge in [0.2, 0.25) is 5.91 Å². The Balaban J connectivity index is 1.77. The highest BCUT2D eigenvalue weighted by Crippen LogP contribution is 2.41. The number of amides is 1. The minimum atomic E-state index is -0.737. The van der Waals surface area contributed by atoms with Gasteiger partial charge in [0.1, 0.15) is 39.5 Å². The first kappa shape index (κ1) is 24.3. The van der Waals surface area contributed by atoms with E-state index in [1.165, 1.54) is 12.1 Å². The third-order valence-corrected chi connectivity index (χ3v) is 6.67. The zero-order valence-electron chi connectivity index (χ0n) is 19.1. The van der Waals surface area contributed by atoms with Crippen LogP contribution in [0.15, 0.2) is 90.0 Å². The molecule has 1 heterocycles. The van der Waals surface area contributed by atoms with Gasteiger partial charge in [-0.3, -0.25) is 4.79 Å². The van der Waals surface area contributed by atoms with Gasteiger partial charge in [0, 0.05) is 12.1 Å². The van der Waals surface area contributed by atoms with Crippen LogP contribution in [0.25, 0.3) is 11.1 Å². The number of aromatic nitrogens is 1. The van der Waals surface area contributed by atoms with Crippen LogP contribution in [0.3, 0.4) is 0 Å². The Bertz CT molecular complexity index is 1480. The molecule has 3 aromatic carbocycles. The number of aromatic hydroxyl groups is 1. The lowest BCUT2D eigenvalue weighted by molar-refractivity contribution is -0.120. The molecule has 7 nitrogen and oxygen atoms in total. The van der Waals surface area contributed by atoms with Crippen molar-refractivity contribution in [2.75, 3.05) is 5.73 Å². The standard InChI is InChI=1S/C28H21N5O2S/c29-15-22-24(20-12-7-13-21(34)14-20)23(16-30)28(33-26(22)31)36-25(19-10-5-2-6-11-19)27(35)32-17-18-8-3-1-4-9-18/h1-14,25,34H,17H2,(H2,31,33)(H,32,35). The van der Waals surface area contributed by atoms with E-state index in [-0.39, 0.29) is 39.2 Å². The van der Waals surface area contributed by atoms with Gasteiger partial charge in [0.05, 0.1) is 5.56 Å². The van der Waals surface area contributed by atoms with E-state index in [1.807, 2.05) is 66.7 Å². The Hall–Kier alpha value is -4.79. The number of phenolic OH excluding ortho intramolecular Hbond substituents is 1. The highest BCUT2D eigenvalue weighted by molar-refractivity contribution is 8.00. The second-order valence-electron chi connectivity index (χ2n) is 7.81. The summed E-state index contributed by atoms with van der Waals surface area (Å²) in [6.45, 7) is 0.339. The van der Waals surface area contributed by atoms with Crippen LogP contribution in [0.1, 0.15) is 27.5 Å². The number of carbonyl (C=O) groups excluding carboxylic acids is 1. The molecule has 176 valence electrons. The van der Waals surface area contributed by atoms with Crippen LogP contribution in [0, 0.1) is 22.7 Å². The van der Waals surface area contributed by atoms with Crippen molar-refractivity contribution in [2.45, 2.75) is 16.8 Å². The molecule has 4 rings (SSSR count). The molecule has 0 aliphatic heterocycles. The summed E-state index contributed by atoms with van der Waals surface area (Å²) in [5, 5.41) is 32.3. The predicted octanol–water partition coefficient (Wildman–Crippen LogP) is 4.93. The van der Waals surface area contributed by atoms with Gasteiger partial charge in [-0.25, -0.2) is 4.98 Å². The number of nitrogens with zero attached hydrogens (tertiary/aromatic N) is 3. The third-order valence-electron chi connectivity index (χ3n) is 5.43. The van der Waals surface area contributed by atoms with Gasteiger partial charge in [-0.1, -0.05) is 84.6 Å². The maximum absolute atomic E-state index is 13.4. The van der Waals surface area contributed by atoms with Crippen molar-refractivity contribution in [3.63, 3.8) is 0 Å². The maximum Gasteiger partial charge on any atom is 0.238 e. The summed E-state index contributed by atoms with van der Waals surface area (Å²) in [5.74, 6) is -0.344.